The molecule has 1 aliphatic rings. The van der Waals surface area contributed by atoms with Crippen molar-refractivity contribution >= 4 is 46.4 Å². The van der Waals surface area contributed by atoms with Crippen LogP contribution in [-0.4, -0.2) is 23.3 Å². The first kappa shape index (κ1) is 15.8. The second kappa shape index (κ2) is 6.56. The van der Waals surface area contributed by atoms with Crippen LogP contribution in [0.2, 0.25) is 10.2 Å². The van der Waals surface area contributed by atoms with Crippen molar-refractivity contribution in [3.8, 4) is 0 Å². The topological polar surface area (TPSA) is 62.3 Å². The first-order valence-corrected chi connectivity index (χ1v) is 7.83. The van der Waals surface area contributed by atoms with Crippen LogP contribution in [0, 0.1) is 0 Å². The molecule has 1 saturated heterocycles. The monoisotopic (exact) mass is 349 g/mol. The number of hydrogen-bond acceptors (Lipinski definition) is 3. The summed E-state index contributed by atoms with van der Waals surface area (Å²) in [6.45, 7) is 0.653. The summed E-state index contributed by atoms with van der Waals surface area (Å²) < 4.78 is 0. The van der Waals surface area contributed by atoms with Gasteiger partial charge in [-0.2, -0.15) is 0 Å². The minimum absolute atomic E-state index is 0.0582. The van der Waals surface area contributed by atoms with Crippen LogP contribution in [0.5, 0.6) is 0 Å². The van der Waals surface area contributed by atoms with Crippen LogP contribution < -0.4 is 10.2 Å². The second-order valence-electron chi connectivity index (χ2n) is 5.12. The molecule has 0 saturated carbocycles. The molecule has 0 unspecified atom stereocenters. The average Bonchev–Trinajstić information content (AvgIpc) is 2.96. The Morgan fingerprint density at radius 3 is 2.74 bits per heavy atom. The average molecular weight is 350 g/mol. The van der Waals surface area contributed by atoms with E-state index in [1.165, 1.54) is 12.3 Å². The van der Waals surface area contributed by atoms with Gasteiger partial charge in [-0.25, -0.2) is 4.98 Å². The van der Waals surface area contributed by atoms with Crippen LogP contribution in [-0.2, 0) is 4.79 Å². The molecule has 0 bridgehead atoms. The highest BCUT2D eigenvalue weighted by atomic mass is 35.5. The molecule has 118 valence electrons. The number of nitrogens with zero attached hydrogens (tertiary/aromatic N) is 2. The highest BCUT2D eigenvalue weighted by molar-refractivity contribution is 6.41. The molecule has 2 amide bonds. The third kappa shape index (κ3) is 3.30. The van der Waals surface area contributed by atoms with Gasteiger partial charge in [-0.3, -0.25) is 9.59 Å². The molecule has 2 heterocycles. The summed E-state index contributed by atoms with van der Waals surface area (Å²) in [5.41, 5.74) is 1.55. The Labute approximate surface area is 143 Å². The fraction of sp³-hybridized carbons (Fsp3) is 0.188. The number of hydrogen-bond donors (Lipinski definition) is 1. The SMILES string of the molecule is O=C(Nc1ccccc1N1CCCC1=O)c1cnc(Cl)c(Cl)c1. The highest BCUT2D eigenvalue weighted by Crippen LogP contribution is 2.30. The van der Waals surface area contributed by atoms with E-state index < -0.39 is 0 Å². The van der Waals surface area contributed by atoms with E-state index in [4.69, 9.17) is 23.2 Å². The van der Waals surface area contributed by atoms with Gasteiger partial charge in [0.15, 0.2) is 0 Å². The molecule has 0 atom stereocenters. The van der Waals surface area contributed by atoms with Crippen molar-refractivity contribution in [3.63, 3.8) is 0 Å². The molecular weight excluding hydrogens is 337 g/mol. The van der Waals surface area contributed by atoms with E-state index in [1.807, 2.05) is 12.1 Å². The molecule has 1 aromatic carbocycles. The molecule has 0 radical (unpaired) electrons. The number of aromatic nitrogens is 1. The van der Waals surface area contributed by atoms with Gasteiger partial charge in [-0.1, -0.05) is 35.3 Å². The molecule has 7 heteroatoms. The van der Waals surface area contributed by atoms with Crippen LogP contribution in [0.3, 0.4) is 0 Å². The minimum Gasteiger partial charge on any atom is -0.320 e. The maximum absolute atomic E-state index is 12.4. The summed E-state index contributed by atoms with van der Waals surface area (Å²) in [4.78, 5) is 29.9. The zero-order valence-electron chi connectivity index (χ0n) is 12.1. The molecule has 23 heavy (non-hydrogen) atoms. The van der Waals surface area contributed by atoms with Gasteiger partial charge >= 0.3 is 0 Å². The maximum atomic E-state index is 12.4. The second-order valence-corrected chi connectivity index (χ2v) is 5.88. The maximum Gasteiger partial charge on any atom is 0.257 e. The van der Waals surface area contributed by atoms with Gasteiger partial charge in [-0.05, 0) is 24.6 Å². The predicted octanol–water partition coefficient (Wildman–Crippen LogP) is 3.77. The van der Waals surface area contributed by atoms with Crippen molar-refractivity contribution in [2.75, 3.05) is 16.8 Å². The van der Waals surface area contributed by atoms with Crippen LogP contribution >= 0.6 is 23.2 Å². The Balaban J connectivity index is 1.86. The highest BCUT2D eigenvalue weighted by Gasteiger charge is 2.24. The number of para-hydroxylation sites is 2. The van der Waals surface area contributed by atoms with Gasteiger partial charge < -0.3 is 10.2 Å². The summed E-state index contributed by atoms with van der Waals surface area (Å²) in [5, 5.41) is 3.15. The normalized spacial score (nSPS) is 14.2. The van der Waals surface area contributed by atoms with Crippen molar-refractivity contribution in [3.05, 3.63) is 52.3 Å². The van der Waals surface area contributed by atoms with Gasteiger partial charge in [-0.15, -0.1) is 0 Å². The summed E-state index contributed by atoms with van der Waals surface area (Å²) >= 11 is 11.6. The first-order chi connectivity index (χ1) is 11.1. The molecule has 5 nitrogen and oxygen atoms in total. The van der Waals surface area contributed by atoms with E-state index >= 15 is 0 Å². The van der Waals surface area contributed by atoms with E-state index in [9.17, 15) is 9.59 Å². The van der Waals surface area contributed by atoms with Crippen molar-refractivity contribution < 1.29 is 9.59 Å². The van der Waals surface area contributed by atoms with Crippen molar-refractivity contribution in [2.24, 2.45) is 0 Å². The largest absolute Gasteiger partial charge is 0.320 e. The molecule has 1 aromatic heterocycles. The summed E-state index contributed by atoms with van der Waals surface area (Å²) in [6.07, 6.45) is 2.70. The zero-order chi connectivity index (χ0) is 16.4. The number of amides is 2. The predicted molar refractivity (Wildman–Crippen MR) is 90.2 cm³/mol. The van der Waals surface area contributed by atoms with Gasteiger partial charge in [0.2, 0.25) is 5.91 Å². The minimum atomic E-state index is -0.366. The number of rotatable bonds is 3. The molecule has 3 rings (SSSR count). The van der Waals surface area contributed by atoms with E-state index in [1.54, 1.807) is 17.0 Å². The van der Waals surface area contributed by atoms with Gasteiger partial charge in [0.1, 0.15) is 5.15 Å². The van der Waals surface area contributed by atoms with Crippen molar-refractivity contribution in [1.82, 2.24) is 4.98 Å². The number of anilines is 2. The number of pyridine rings is 1. The quantitative estimate of drug-likeness (QED) is 0.858. The number of carbonyl (C=O) groups excluding carboxylic acids is 2. The van der Waals surface area contributed by atoms with Crippen LogP contribution in [0.1, 0.15) is 23.2 Å². The smallest absolute Gasteiger partial charge is 0.257 e. The molecule has 0 spiro atoms. The van der Waals surface area contributed by atoms with E-state index in [-0.39, 0.29) is 22.0 Å². The summed E-state index contributed by atoms with van der Waals surface area (Å²) in [6, 6.07) is 8.65. The molecule has 1 N–H and O–H groups in total. The number of halogens is 2. The lowest BCUT2D eigenvalue weighted by atomic mass is 10.2. The Bertz CT molecular complexity index is 780. The Kier molecular flexibility index (Phi) is 4.50. The van der Waals surface area contributed by atoms with E-state index in [0.29, 0.717) is 29.9 Å². The van der Waals surface area contributed by atoms with Crippen LogP contribution in [0.25, 0.3) is 0 Å². The van der Waals surface area contributed by atoms with Crippen LogP contribution in [0.15, 0.2) is 36.5 Å². The lowest BCUT2D eigenvalue weighted by molar-refractivity contribution is -0.117. The summed E-state index contributed by atoms with van der Waals surface area (Å²) in [7, 11) is 0. The Morgan fingerprint density at radius 1 is 1.26 bits per heavy atom. The molecular formula is C16H13Cl2N3O2. The molecule has 1 fully saturated rings. The standard InChI is InChI=1S/C16H13Cl2N3O2/c17-11-8-10(9-19-15(11)18)16(23)20-12-4-1-2-5-13(12)21-7-3-6-14(21)22/h1-2,4-5,8-9H,3,6-7H2,(H,20,23). The number of nitrogens with one attached hydrogen (secondary N) is 1. The van der Waals surface area contributed by atoms with Crippen molar-refractivity contribution in [1.29, 1.82) is 0 Å². The fourth-order valence-electron chi connectivity index (χ4n) is 2.46. The van der Waals surface area contributed by atoms with Gasteiger partial charge in [0.25, 0.3) is 5.91 Å². The molecule has 2 aromatic rings. The van der Waals surface area contributed by atoms with E-state index in [2.05, 4.69) is 10.3 Å². The third-order valence-electron chi connectivity index (χ3n) is 3.57. The van der Waals surface area contributed by atoms with Gasteiger partial charge in [0, 0.05) is 19.2 Å². The van der Waals surface area contributed by atoms with Crippen LogP contribution in [0.4, 0.5) is 11.4 Å². The third-order valence-corrected chi connectivity index (χ3v) is 4.26. The number of carbonyl (C=O) groups is 2. The van der Waals surface area contributed by atoms with Crippen molar-refractivity contribution in [2.45, 2.75) is 12.8 Å². The zero-order valence-corrected chi connectivity index (χ0v) is 13.6. The van der Waals surface area contributed by atoms with E-state index in [0.717, 1.165) is 6.42 Å². The molecule has 1 aliphatic heterocycles. The Morgan fingerprint density at radius 2 is 2.04 bits per heavy atom. The lowest BCUT2D eigenvalue weighted by Gasteiger charge is -2.20. The summed E-state index contributed by atoms with van der Waals surface area (Å²) in [5.74, 6) is -0.307. The lowest BCUT2D eigenvalue weighted by Crippen LogP contribution is -2.25. The van der Waals surface area contributed by atoms with Gasteiger partial charge in [0.05, 0.1) is 22.0 Å². The Hall–Kier alpha value is -2.11. The molecule has 0 aliphatic carbocycles. The first-order valence-electron chi connectivity index (χ1n) is 7.08. The number of benzene rings is 1. The fourth-order valence-corrected chi connectivity index (χ4v) is 2.73.